The van der Waals surface area contributed by atoms with Crippen LogP contribution in [0, 0.1) is 0 Å². The third kappa shape index (κ3) is 3.69. The quantitative estimate of drug-likeness (QED) is 0.930. The molecule has 0 saturated carbocycles. The number of carbonyl (C=O) groups is 1. The Bertz CT molecular complexity index is 391. The third-order valence-electron chi connectivity index (χ3n) is 2.62. The number of hydrogen-bond acceptors (Lipinski definition) is 3. The van der Waals surface area contributed by atoms with E-state index in [-0.39, 0.29) is 12.1 Å². The van der Waals surface area contributed by atoms with Crippen LogP contribution in [0.25, 0.3) is 0 Å². The van der Waals surface area contributed by atoms with Crippen molar-refractivity contribution in [3.8, 4) is 0 Å². The SMILES string of the molecule is CN(Cc1cc(Br)cs1)C(=O)NC1CCOC1. The largest absolute Gasteiger partial charge is 0.379 e. The number of halogens is 1. The predicted octanol–water partition coefficient (Wildman–Crippen LogP) is 2.44. The zero-order valence-corrected chi connectivity index (χ0v) is 12.0. The summed E-state index contributed by atoms with van der Waals surface area (Å²) in [6, 6.07) is 2.16. The first-order chi connectivity index (χ1) is 8.15. The van der Waals surface area contributed by atoms with Crippen molar-refractivity contribution in [2.24, 2.45) is 0 Å². The maximum Gasteiger partial charge on any atom is 0.317 e. The molecule has 1 aromatic rings. The number of rotatable bonds is 3. The Hall–Kier alpha value is -0.590. The van der Waals surface area contributed by atoms with Gasteiger partial charge in [-0.1, -0.05) is 0 Å². The number of carbonyl (C=O) groups excluding carboxylic acids is 1. The fourth-order valence-corrected chi connectivity index (χ4v) is 3.18. The Morgan fingerprint density at radius 3 is 3.18 bits per heavy atom. The van der Waals surface area contributed by atoms with Crippen LogP contribution in [0.15, 0.2) is 15.9 Å². The lowest BCUT2D eigenvalue weighted by molar-refractivity contribution is 0.181. The Labute approximate surface area is 113 Å². The average Bonchev–Trinajstić information content (AvgIpc) is 2.90. The highest BCUT2D eigenvalue weighted by atomic mass is 79.9. The van der Waals surface area contributed by atoms with Crippen LogP contribution in [0.4, 0.5) is 4.79 Å². The summed E-state index contributed by atoms with van der Waals surface area (Å²) in [5, 5.41) is 4.98. The second-order valence-electron chi connectivity index (χ2n) is 4.10. The number of urea groups is 1. The number of amides is 2. The molecule has 6 heteroatoms. The van der Waals surface area contributed by atoms with E-state index >= 15 is 0 Å². The van der Waals surface area contributed by atoms with Gasteiger partial charge in [-0.05, 0) is 28.4 Å². The van der Waals surface area contributed by atoms with Gasteiger partial charge >= 0.3 is 6.03 Å². The standard InChI is InChI=1S/C11H15BrN2O2S/c1-14(5-10-4-8(12)7-17-10)11(15)13-9-2-3-16-6-9/h4,7,9H,2-3,5-6H2,1H3,(H,13,15). The molecule has 4 nitrogen and oxygen atoms in total. The summed E-state index contributed by atoms with van der Waals surface area (Å²) in [6.45, 7) is 2.01. The first-order valence-electron chi connectivity index (χ1n) is 5.47. The molecule has 1 N–H and O–H groups in total. The summed E-state index contributed by atoms with van der Waals surface area (Å²) >= 11 is 5.05. The molecular weight excluding hydrogens is 304 g/mol. The Morgan fingerprint density at radius 2 is 2.59 bits per heavy atom. The van der Waals surface area contributed by atoms with Crippen LogP contribution < -0.4 is 5.32 Å². The second kappa shape index (κ2) is 5.84. The van der Waals surface area contributed by atoms with Crippen molar-refractivity contribution < 1.29 is 9.53 Å². The highest BCUT2D eigenvalue weighted by Crippen LogP contribution is 2.20. The monoisotopic (exact) mass is 318 g/mol. The molecule has 0 aliphatic carbocycles. The molecular formula is C11H15BrN2O2S. The van der Waals surface area contributed by atoms with Gasteiger partial charge in [-0.3, -0.25) is 0 Å². The molecule has 1 aliphatic rings. The van der Waals surface area contributed by atoms with E-state index in [2.05, 4.69) is 21.2 Å². The van der Waals surface area contributed by atoms with Crippen molar-refractivity contribution in [2.75, 3.05) is 20.3 Å². The van der Waals surface area contributed by atoms with Crippen molar-refractivity contribution in [3.05, 3.63) is 20.8 Å². The van der Waals surface area contributed by atoms with Gasteiger partial charge < -0.3 is 15.0 Å². The normalized spacial score (nSPS) is 19.3. The van der Waals surface area contributed by atoms with Crippen molar-refractivity contribution in [2.45, 2.75) is 19.0 Å². The van der Waals surface area contributed by atoms with Crippen molar-refractivity contribution in [1.82, 2.24) is 10.2 Å². The molecule has 1 aromatic heterocycles. The summed E-state index contributed by atoms with van der Waals surface area (Å²) in [7, 11) is 1.80. The predicted molar refractivity (Wildman–Crippen MR) is 71.2 cm³/mol. The molecule has 17 heavy (non-hydrogen) atoms. The van der Waals surface area contributed by atoms with Crippen molar-refractivity contribution >= 4 is 33.3 Å². The van der Waals surface area contributed by atoms with E-state index < -0.39 is 0 Å². The van der Waals surface area contributed by atoms with E-state index in [9.17, 15) is 4.79 Å². The Balaban J connectivity index is 1.82. The fraction of sp³-hybridized carbons (Fsp3) is 0.545. The fourth-order valence-electron chi connectivity index (χ4n) is 1.68. The third-order valence-corrected chi connectivity index (χ3v) is 4.30. The summed E-state index contributed by atoms with van der Waals surface area (Å²) in [4.78, 5) is 14.7. The number of hydrogen-bond donors (Lipinski definition) is 1. The highest BCUT2D eigenvalue weighted by molar-refractivity contribution is 9.10. The lowest BCUT2D eigenvalue weighted by Crippen LogP contribution is -2.42. The van der Waals surface area contributed by atoms with Gasteiger partial charge in [0.15, 0.2) is 0 Å². The average molecular weight is 319 g/mol. The first-order valence-corrected chi connectivity index (χ1v) is 7.14. The minimum Gasteiger partial charge on any atom is -0.379 e. The zero-order chi connectivity index (χ0) is 12.3. The van der Waals surface area contributed by atoms with Crippen LogP contribution in [-0.4, -0.2) is 37.2 Å². The van der Waals surface area contributed by atoms with E-state index in [0.29, 0.717) is 13.2 Å². The summed E-state index contributed by atoms with van der Waals surface area (Å²) in [5.41, 5.74) is 0. The minimum atomic E-state index is -0.0370. The molecule has 1 unspecified atom stereocenters. The second-order valence-corrected chi connectivity index (χ2v) is 6.01. The number of ether oxygens (including phenoxy) is 1. The molecule has 94 valence electrons. The lowest BCUT2D eigenvalue weighted by atomic mass is 10.3. The number of nitrogens with one attached hydrogen (secondary N) is 1. The van der Waals surface area contributed by atoms with E-state index in [1.165, 1.54) is 0 Å². The topological polar surface area (TPSA) is 41.6 Å². The van der Waals surface area contributed by atoms with Gasteiger partial charge in [0.1, 0.15) is 0 Å². The highest BCUT2D eigenvalue weighted by Gasteiger charge is 2.19. The first kappa shape index (κ1) is 12.9. The minimum absolute atomic E-state index is 0.0370. The van der Waals surface area contributed by atoms with Gasteiger partial charge in [-0.15, -0.1) is 11.3 Å². The van der Waals surface area contributed by atoms with Crippen LogP contribution in [0.1, 0.15) is 11.3 Å². The lowest BCUT2D eigenvalue weighted by Gasteiger charge is -2.19. The molecule has 0 aromatic carbocycles. The molecule has 2 rings (SSSR count). The van der Waals surface area contributed by atoms with Crippen molar-refractivity contribution in [3.63, 3.8) is 0 Å². The van der Waals surface area contributed by atoms with Crippen molar-refractivity contribution in [1.29, 1.82) is 0 Å². The molecule has 2 amide bonds. The molecule has 0 spiro atoms. The molecule has 0 radical (unpaired) electrons. The van der Waals surface area contributed by atoms with E-state index in [4.69, 9.17) is 4.74 Å². The summed E-state index contributed by atoms with van der Waals surface area (Å²) in [6.07, 6.45) is 0.907. The number of nitrogens with zero attached hydrogens (tertiary/aromatic N) is 1. The van der Waals surface area contributed by atoms with Gasteiger partial charge in [-0.25, -0.2) is 4.79 Å². The van der Waals surface area contributed by atoms with Crippen LogP contribution in [-0.2, 0) is 11.3 Å². The van der Waals surface area contributed by atoms with Gasteiger partial charge in [0.2, 0.25) is 0 Å². The molecule has 1 atom stereocenters. The van der Waals surface area contributed by atoms with Gasteiger partial charge in [0, 0.05) is 28.4 Å². The van der Waals surface area contributed by atoms with Crippen LogP contribution in [0.2, 0.25) is 0 Å². The zero-order valence-electron chi connectivity index (χ0n) is 9.61. The number of thiophene rings is 1. The Morgan fingerprint density at radius 1 is 1.76 bits per heavy atom. The van der Waals surface area contributed by atoms with E-state index in [0.717, 1.165) is 22.4 Å². The van der Waals surface area contributed by atoms with Gasteiger partial charge in [0.25, 0.3) is 0 Å². The molecule has 2 heterocycles. The molecule has 1 fully saturated rings. The molecule has 1 aliphatic heterocycles. The van der Waals surface area contributed by atoms with Crippen LogP contribution >= 0.6 is 27.3 Å². The maximum absolute atomic E-state index is 11.9. The Kier molecular flexibility index (Phi) is 4.42. The van der Waals surface area contributed by atoms with Gasteiger partial charge in [-0.2, -0.15) is 0 Å². The summed E-state index contributed by atoms with van der Waals surface area (Å²) in [5.74, 6) is 0. The van der Waals surface area contributed by atoms with E-state index in [1.54, 1.807) is 23.3 Å². The van der Waals surface area contributed by atoms with Crippen LogP contribution in [0.5, 0.6) is 0 Å². The smallest absolute Gasteiger partial charge is 0.317 e. The maximum atomic E-state index is 11.9. The summed E-state index contributed by atoms with van der Waals surface area (Å²) < 4.78 is 6.29. The van der Waals surface area contributed by atoms with E-state index in [1.807, 2.05) is 11.4 Å². The van der Waals surface area contributed by atoms with Crippen LogP contribution in [0.3, 0.4) is 0 Å². The molecule has 0 bridgehead atoms. The van der Waals surface area contributed by atoms with Gasteiger partial charge in [0.05, 0.1) is 19.2 Å². The molecule has 1 saturated heterocycles.